The molecule has 148 valence electrons. The van der Waals surface area contributed by atoms with E-state index in [0.29, 0.717) is 22.7 Å². The van der Waals surface area contributed by atoms with Gasteiger partial charge < -0.3 is 9.88 Å². The maximum Gasteiger partial charge on any atom is 0.238 e. The molecule has 0 saturated carbocycles. The van der Waals surface area contributed by atoms with Gasteiger partial charge in [-0.15, -0.1) is 0 Å². The number of primary sulfonamides is 1. The summed E-state index contributed by atoms with van der Waals surface area (Å²) in [6.45, 7) is 2.41. The zero-order valence-corrected chi connectivity index (χ0v) is 16.3. The number of hydrogen-bond donors (Lipinski definition) is 2. The van der Waals surface area contributed by atoms with Gasteiger partial charge in [-0.05, 0) is 37.3 Å². The Kier molecular flexibility index (Phi) is 5.68. The number of benzene rings is 2. The highest BCUT2D eigenvalue weighted by Gasteiger charge is 2.16. The Balaban J connectivity index is 1.80. The second kappa shape index (κ2) is 7.86. The number of amides is 1. The molecule has 0 aliphatic heterocycles. The molecular formula is C17H16F2N4O3S2. The number of thioether (sulfide) groups is 1. The second-order valence-electron chi connectivity index (χ2n) is 5.80. The summed E-state index contributed by atoms with van der Waals surface area (Å²) in [4.78, 5) is 16.4. The smallest absolute Gasteiger partial charge is 0.238 e. The standard InChI is InChI=1S/C17H16F2N4O3S2/c1-2-23-15-6-4-11(28(20,25)26)8-14(15)22-17(23)27-9-16(24)21-13-7-10(18)3-5-12(13)19/h3-8H,2,9H2,1H3,(H,21,24)(H2,20,25,26). The molecule has 28 heavy (non-hydrogen) atoms. The van der Waals surface area contributed by atoms with Crippen LogP contribution in [0.15, 0.2) is 46.5 Å². The van der Waals surface area contributed by atoms with Crippen LogP contribution in [-0.2, 0) is 21.4 Å². The first-order valence-corrected chi connectivity index (χ1v) is 10.6. The third-order valence-electron chi connectivity index (χ3n) is 3.86. The van der Waals surface area contributed by atoms with Crippen LogP contribution in [0.4, 0.5) is 14.5 Å². The lowest BCUT2D eigenvalue weighted by Crippen LogP contribution is -2.15. The van der Waals surface area contributed by atoms with E-state index in [0.717, 1.165) is 30.0 Å². The van der Waals surface area contributed by atoms with E-state index < -0.39 is 27.6 Å². The summed E-state index contributed by atoms with van der Waals surface area (Å²) in [6, 6.07) is 7.13. The summed E-state index contributed by atoms with van der Waals surface area (Å²) < 4.78 is 51.6. The highest BCUT2D eigenvalue weighted by molar-refractivity contribution is 7.99. The SMILES string of the molecule is CCn1c(SCC(=O)Nc2cc(F)ccc2F)nc2cc(S(N)(=O)=O)ccc21. The summed E-state index contributed by atoms with van der Waals surface area (Å²) >= 11 is 1.09. The summed E-state index contributed by atoms with van der Waals surface area (Å²) in [5.74, 6) is -2.03. The normalized spacial score (nSPS) is 11.7. The zero-order chi connectivity index (χ0) is 20.5. The van der Waals surface area contributed by atoms with Crippen molar-refractivity contribution in [1.82, 2.24) is 9.55 Å². The molecule has 7 nitrogen and oxygen atoms in total. The van der Waals surface area contributed by atoms with Crippen LogP contribution in [-0.4, -0.2) is 29.6 Å². The molecule has 0 spiro atoms. The first kappa shape index (κ1) is 20.2. The molecule has 1 amide bonds. The van der Waals surface area contributed by atoms with E-state index >= 15 is 0 Å². The van der Waals surface area contributed by atoms with Crippen molar-refractivity contribution in [3.63, 3.8) is 0 Å². The molecule has 0 bridgehead atoms. The summed E-state index contributed by atoms with van der Waals surface area (Å²) in [7, 11) is -3.86. The third kappa shape index (κ3) is 4.32. The molecule has 0 fully saturated rings. The number of nitrogens with two attached hydrogens (primary N) is 1. The minimum absolute atomic E-state index is 0.0587. The lowest BCUT2D eigenvalue weighted by Gasteiger charge is -2.07. The molecule has 1 heterocycles. The van der Waals surface area contributed by atoms with Crippen molar-refractivity contribution in [2.45, 2.75) is 23.5 Å². The zero-order valence-electron chi connectivity index (χ0n) is 14.6. The first-order valence-electron chi connectivity index (χ1n) is 8.10. The van der Waals surface area contributed by atoms with Crippen molar-refractivity contribution in [1.29, 1.82) is 0 Å². The monoisotopic (exact) mass is 426 g/mol. The van der Waals surface area contributed by atoms with Gasteiger partial charge in [-0.2, -0.15) is 0 Å². The van der Waals surface area contributed by atoms with Gasteiger partial charge >= 0.3 is 0 Å². The highest BCUT2D eigenvalue weighted by atomic mass is 32.2. The molecule has 0 unspecified atom stereocenters. The summed E-state index contributed by atoms with van der Waals surface area (Å²) in [5, 5.41) is 7.94. The van der Waals surface area contributed by atoms with Gasteiger partial charge in [0.25, 0.3) is 0 Å². The quantitative estimate of drug-likeness (QED) is 0.590. The molecule has 1 aromatic heterocycles. The molecular weight excluding hydrogens is 410 g/mol. The van der Waals surface area contributed by atoms with E-state index in [9.17, 15) is 22.0 Å². The Morgan fingerprint density at radius 1 is 1.25 bits per heavy atom. The number of fused-ring (bicyclic) bond motifs is 1. The van der Waals surface area contributed by atoms with E-state index in [2.05, 4.69) is 10.3 Å². The molecule has 3 N–H and O–H groups in total. The van der Waals surface area contributed by atoms with E-state index in [-0.39, 0.29) is 16.3 Å². The Bertz CT molecular complexity index is 1160. The molecule has 0 aliphatic rings. The van der Waals surface area contributed by atoms with Crippen LogP contribution >= 0.6 is 11.8 Å². The lowest BCUT2D eigenvalue weighted by molar-refractivity contribution is -0.113. The van der Waals surface area contributed by atoms with Gasteiger partial charge in [0.2, 0.25) is 15.9 Å². The number of hydrogen-bond acceptors (Lipinski definition) is 5. The van der Waals surface area contributed by atoms with E-state index in [4.69, 9.17) is 5.14 Å². The topological polar surface area (TPSA) is 107 Å². The number of aromatic nitrogens is 2. The lowest BCUT2D eigenvalue weighted by atomic mass is 10.3. The predicted molar refractivity (Wildman–Crippen MR) is 102 cm³/mol. The third-order valence-corrected chi connectivity index (χ3v) is 5.75. The van der Waals surface area contributed by atoms with Crippen molar-refractivity contribution >= 4 is 44.4 Å². The van der Waals surface area contributed by atoms with Crippen molar-refractivity contribution in [3.05, 3.63) is 48.0 Å². The predicted octanol–water partition coefficient (Wildman–Crippen LogP) is 2.71. The van der Waals surface area contributed by atoms with Gasteiger partial charge in [-0.25, -0.2) is 27.3 Å². The summed E-state index contributed by atoms with van der Waals surface area (Å²) in [6.07, 6.45) is 0. The largest absolute Gasteiger partial charge is 0.323 e. The number of carbonyl (C=O) groups excluding carboxylic acids is 1. The number of anilines is 1. The molecule has 2 aromatic carbocycles. The Hall–Kier alpha value is -2.50. The number of imidazole rings is 1. The average molecular weight is 426 g/mol. The van der Waals surface area contributed by atoms with E-state index in [1.165, 1.54) is 12.1 Å². The number of sulfonamides is 1. The van der Waals surface area contributed by atoms with Crippen LogP contribution < -0.4 is 10.5 Å². The number of nitrogens with zero attached hydrogens (tertiary/aromatic N) is 2. The number of carbonyl (C=O) groups is 1. The van der Waals surface area contributed by atoms with Gasteiger partial charge in [0.1, 0.15) is 11.6 Å². The molecule has 3 aromatic rings. The molecule has 0 atom stereocenters. The minimum atomic E-state index is -3.86. The number of nitrogens with one attached hydrogen (secondary N) is 1. The van der Waals surface area contributed by atoms with Crippen molar-refractivity contribution in [2.75, 3.05) is 11.1 Å². The van der Waals surface area contributed by atoms with Crippen molar-refractivity contribution in [3.8, 4) is 0 Å². The van der Waals surface area contributed by atoms with Gasteiger partial charge in [0, 0.05) is 12.6 Å². The maximum absolute atomic E-state index is 13.6. The van der Waals surface area contributed by atoms with Gasteiger partial charge in [0.05, 0.1) is 27.4 Å². The van der Waals surface area contributed by atoms with Gasteiger partial charge in [-0.3, -0.25) is 4.79 Å². The highest BCUT2D eigenvalue weighted by Crippen LogP contribution is 2.26. The van der Waals surface area contributed by atoms with E-state index in [1.54, 1.807) is 6.07 Å². The molecule has 3 rings (SSSR count). The van der Waals surface area contributed by atoms with Crippen LogP contribution in [0.2, 0.25) is 0 Å². The second-order valence-corrected chi connectivity index (χ2v) is 8.30. The van der Waals surface area contributed by atoms with Crippen molar-refractivity contribution in [2.24, 2.45) is 5.14 Å². The van der Waals surface area contributed by atoms with Crippen LogP contribution in [0.1, 0.15) is 6.92 Å². The average Bonchev–Trinajstić information content (AvgIpc) is 2.99. The van der Waals surface area contributed by atoms with Crippen LogP contribution in [0.25, 0.3) is 11.0 Å². The Morgan fingerprint density at radius 3 is 2.68 bits per heavy atom. The fourth-order valence-corrected chi connectivity index (χ4v) is 4.00. The van der Waals surface area contributed by atoms with Crippen LogP contribution in [0, 0.1) is 11.6 Å². The molecule has 0 aliphatic carbocycles. The number of rotatable bonds is 6. The van der Waals surface area contributed by atoms with Crippen molar-refractivity contribution < 1.29 is 22.0 Å². The summed E-state index contributed by atoms with van der Waals surface area (Å²) in [5.41, 5.74) is 0.869. The van der Waals surface area contributed by atoms with E-state index in [1.807, 2.05) is 11.5 Å². The van der Waals surface area contributed by atoms with Gasteiger partial charge in [-0.1, -0.05) is 11.8 Å². The van der Waals surface area contributed by atoms with Gasteiger partial charge in [0.15, 0.2) is 5.16 Å². The fourth-order valence-electron chi connectivity index (χ4n) is 2.59. The number of aryl methyl sites for hydroxylation is 1. The van der Waals surface area contributed by atoms with Crippen LogP contribution in [0.5, 0.6) is 0 Å². The Labute approximate surface area is 164 Å². The van der Waals surface area contributed by atoms with Crippen LogP contribution in [0.3, 0.4) is 0 Å². The first-order chi connectivity index (χ1) is 13.2. The fraction of sp³-hybridized carbons (Fsp3) is 0.176. The number of halogens is 2. The molecule has 11 heteroatoms. The molecule has 0 radical (unpaired) electrons. The Morgan fingerprint density at radius 2 is 2.00 bits per heavy atom. The maximum atomic E-state index is 13.6. The minimum Gasteiger partial charge on any atom is -0.323 e. The molecule has 0 saturated heterocycles.